The molecule has 0 radical (unpaired) electrons. The second kappa shape index (κ2) is 7.90. The number of carbonyl (C=O) groups excluding carboxylic acids is 2. The average Bonchev–Trinajstić information content (AvgIpc) is 2.29. The predicted molar refractivity (Wildman–Crippen MR) is 80.4 cm³/mol. The van der Waals surface area contributed by atoms with Crippen LogP contribution in [0.3, 0.4) is 0 Å². The number of alkyl halides is 2. The molecule has 2 amide bonds. The van der Waals surface area contributed by atoms with Gasteiger partial charge >= 0.3 is 12.2 Å². The molecular formula is C15H27F2NO5. The minimum absolute atomic E-state index is 0.149. The Bertz CT molecular complexity index is 385. The molecule has 0 unspecified atom stereocenters. The van der Waals surface area contributed by atoms with Crippen molar-refractivity contribution in [2.24, 2.45) is 0 Å². The summed E-state index contributed by atoms with van der Waals surface area (Å²) in [5.74, 6) is -3.35. The molecule has 8 heteroatoms. The van der Waals surface area contributed by atoms with E-state index in [1.165, 1.54) is 0 Å². The van der Waals surface area contributed by atoms with Gasteiger partial charge in [0, 0.05) is 13.0 Å². The van der Waals surface area contributed by atoms with E-state index in [1.54, 1.807) is 41.5 Å². The zero-order valence-corrected chi connectivity index (χ0v) is 14.6. The normalized spacial score (nSPS) is 12.7. The van der Waals surface area contributed by atoms with E-state index in [1.807, 2.05) is 0 Å². The number of rotatable bonds is 5. The van der Waals surface area contributed by atoms with Crippen LogP contribution in [0.4, 0.5) is 18.4 Å². The van der Waals surface area contributed by atoms with Crippen LogP contribution in [0.15, 0.2) is 0 Å². The predicted octanol–water partition coefficient (Wildman–Crippen LogP) is 3.57. The topological polar surface area (TPSA) is 76.1 Å². The first-order valence-corrected chi connectivity index (χ1v) is 7.39. The first kappa shape index (κ1) is 21.6. The largest absolute Gasteiger partial charge is 0.443 e. The second-order valence-corrected chi connectivity index (χ2v) is 7.23. The molecule has 0 aromatic carbocycles. The van der Waals surface area contributed by atoms with Crippen molar-refractivity contribution in [3.05, 3.63) is 0 Å². The summed E-state index contributed by atoms with van der Waals surface area (Å²) < 4.78 is 37.7. The molecule has 0 aliphatic rings. The van der Waals surface area contributed by atoms with Crippen LogP contribution >= 0.6 is 0 Å². The lowest BCUT2D eigenvalue weighted by atomic mass is 10.1. The maximum atomic E-state index is 13.9. The minimum atomic E-state index is -3.35. The Kier molecular flexibility index (Phi) is 7.40. The molecule has 0 bridgehead atoms. The molecule has 0 heterocycles. The van der Waals surface area contributed by atoms with Gasteiger partial charge in [0.1, 0.15) is 11.2 Å². The van der Waals surface area contributed by atoms with Gasteiger partial charge in [-0.25, -0.2) is 23.3 Å². The Morgan fingerprint density at radius 3 is 1.65 bits per heavy atom. The molecule has 0 atom stereocenters. The number of aliphatic hydroxyl groups excluding tert-OH is 1. The monoisotopic (exact) mass is 339 g/mol. The maximum absolute atomic E-state index is 13.9. The summed E-state index contributed by atoms with van der Waals surface area (Å²) in [6, 6.07) is 0. The maximum Gasteiger partial charge on any atom is 0.420 e. The summed E-state index contributed by atoms with van der Waals surface area (Å²) in [5, 5.41) is 8.66. The number of amides is 2. The van der Waals surface area contributed by atoms with Crippen molar-refractivity contribution in [3.63, 3.8) is 0 Å². The van der Waals surface area contributed by atoms with Crippen LogP contribution in [-0.2, 0) is 9.47 Å². The number of nitrogens with zero attached hydrogens (tertiary/aromatic N) is 1. The van der Waals surface area contributed by atoms with E-state index < -0.39 is 48.9 Å². The molecule has 0 rings (SSSR count). The van der Waals surface area contributed by atoms with Gasteiger partial charge in [-0.3, -0.25) is 0 Å². The second-order valence-electron chi connectivity index (χ2n) is 7.23. The van der Waals surface area contributed by atoms with E-state index in [9.17, 15) is 18.4 Å². The number of imide groups is 1. The first-order valence-electron chi connectivity index (χ1n) is 7.39. The Morgan fingerprint density at radius 1 is 0.957 bits per heavy atom. The standard InChI is InChI=1S/C15H27F2NO5/c1-13(2,3)22-11(20)18(12(21)23-14(4,5)6)10-15(16,17)8-7-9-19/h19H,7-10H2,1-6H3. The van der Waals surface area contributed by atoms with Crippen molar-refractivity contribution < 1.29 is 33.0 Å². The van der Waals surface area contributed by atoms with Crippen molar-refractivity contribution in [1.82, 2.24) is 4.90 Å². The highest BCUT2D eigenvalue weighted by Crippen LogP contribution is 2.24. The lowest BCUT2D eigenvalue weighted by Gasteiger charge is -2.30. The van der Waals surface area contributed by atoms with Crippen molar-refractivity contribution in [3.8, 4) is 0 Å². The van der Waals surface area contributed by atoms with Crippen LogP contribution in [0.25, 0.3) is 0 Å². The van der Waals surface area contributed by atoms with Crippen molar-refractivity contribution in [2.75, 3.05) is 13.2 Å². The summed E-state index contributed by atoms with van der Waals surface area (Å²) in [6.07, 6.45) is -3.21. The number of hydrogen-bond acceptors (Lipinski definition) is 5. The van der Waals surface area contributed by atoms with Gasteiger partial charge in [0.05, 0.1) is 6.54 Å². The number of hydrogen-bond donors (Lipinski definition) is 1. The molecule has 0 aromatic rings. The third-order valence-corrected chi connectivity index (χ3v) is 2.32. The fourth-order valence-corrected chi connectivity index (χ4v) is 1.49. The van der Waals surface area contributed by atoms with Gasteiger partial charge in [0.2, 0.25) is 0 Å². The average molecular weight is 339 g/mol. The fraction of sp³-hybridized carbons (Fsp3) is 0.867. The van der Waals surface area contributed by atoms with Crippen LogP contribution in [0.2, 0.25) is 0 Å². The minimum Gasteiger partial charge on any atom is -0.443 e. The van der Waals surface area contributed by atoms with E-state index in [0.29, 0.717) is 0 Å². The van der Waals surface area contributed by atoms with Gasteiger partial charge in [-0.15, -0.1) is 0 Å². The number of halogens is 2. The zero-order chi connectivity index (χ0) is 18.5. The van der Waals surface area contributed by atoms with Gasteiger partial charge < -0.3 is 14.6 Å². The van der Waals surface area contributed by atoms with E-state index in [4.69, 9.17) is 14.6 Å². The summed E-state index contributed by atoms with van der Waals surface area (Å²) in [7, 11) is 0. The molecule has 0 aliphatic carbocycles. The summed E-state index contributed by atoms with van der Waals surface area (Å²) in [4.78, 5) is 24.4. The molecule has 0 saturated heterocycles. The Hall–Kier alpha value is -1.44. The lowest BCUT2D eigenvalue weighted by Crippen LogP contribution is -2.48. The molecule has 0 aromatic heterocycles. The molecule has 6 nitrogen and oxygen atoms in total. The van der Waals surface area contributed by atoms with Gasteiger partial charge in [0.25, 0.3) is 5.92 Å². The van der Waals surface area contributed by atoms with Crippen LogP contribution in [0.1, 0.15) is 54.4 Å². The highest BCUT2D eigenvalue weighted by atomic mass is 19.3. The van der Waals surface area contributed by atoms with Gasteiger partial charge in [-0.2, -0.15) is 0 Å². The van der Waals surface area contributed by atoms with Crippen LogP contribution in [-0.4, -0.2) is 52.5 Å². The third kappa shape index (κ3) is 10.0. The quantitative estimate of drug-likeness (QED) is 0.829. The van der Waals surface area contributed by atoms with Gasteiger partial charge in [-0.05, 0) is 48.0 Å². The molecule has 0 fully saturated rings. The van der Waals surface area contributed by atoms with E-state index in [-0.39, 0.29) is 11.3 Å². The van der Waals surface area contributed by atoms with Crippen LogP contribution in [0.5, 0.6) is 0 Å². The molecular weight excluding hydrogens is 312 g/mol. The summed E-state index contributed by atoms with van der Waals surface area (Å²) >= 11 is 0. The molecule has 0 aliphatic heterocycles. The van der Waals surface area contributed by atoms with Gasteiger partial charge in [0.15, 0.2) is 0 Å². The molecule has 136 valence electrons. The summed E-state index contributed by atoms with van der Waals surface area (Å²) in [6.45, 7) is 7.77. The number of aliphatic hydroxyl groups is 1. The number of carbonyl (C=O) groups is 2. The highest BCUT2D eigenvalue weighted by molar-refractivity contribution is 5.88. The van der Waals surface area contributed by atoms with E-state index in [2.05, 4.69) is 0 Å². The SMILES string of the molecule is CC(C)(C)OC(=O)N(CC(F)(F)CCCO)C(=O)OC(C)(C)C. The van der Waals surface area contributed by atoms with Crippen LogP contribution < -0.4 is 0 Å². The zero-order valence-electron chi connectivity index (χ0n) is 14.6. The van der Waals surface area contributed by atoms with E-state index >= 15 is 0 Å². The fourth-order valence-electron chi connectivity index (χ4n) is 1.49. The van der Waals surface area contributed by atoms with E-state index in [0.717, 1.165) is 0 Å². The summed E-state index contributed by atoms with van der Waals surface area (Å²) in [5.41, 5.74) is -1.89. The molecule has 1 N–H and O–H groups in total. The molecule has 0 spiro atoms. The Balaban J connectivity index is 5.21. The van der Waals surface area contributed by atoms with Gasteiger partial charge in [-0.1, -0.05) is 0 Å². The van der Waals surface area contributed by atoms with Crippen molar-refractivity contribution in [2.45, 2.75) is 71.5 Å². The van der Waals surface area contributed by atoms with Crippen molar-refractivity contribution >= 4 is 12.2 Å². The smallest absolute Gasteiger partial charge is 0.420 e. The lowest BCUT2D eigenvalue weighted by molar-refractivity contribution is -0.0560. The third-order valence-electron chi connectivity index (χ3n) is 2.32. The highest BCUT2D eigenvalue weighted by Gasteiger charge is 2.39. The number of ether oxygens (including phenoxy) is 2. The van der Waals surface area contributed by atoms with Crippen molar-refractivity contribution in [1.29, 1.82) is 0 Å². The Morgan fingerprint density at radius 2 is 1.35 bits per heavy atom. The Labute approximate surface area is 135 Å². The van der Waals surface area contributed by atoms with Crippen LogP contribution in [0, 0.1) is 0 Å². The molecule has 0 saturated carbocycles. The first-order chi connectivity index (χ1) is 10.2. The molecule has 23 heavy (non-hydrogen) atoms.